The zero-order valence-corrected chi connectivity index (χ0v) is 43.7. The predicted octanol–water partition coefficient (Wildman–Crippen LogP) is 11.4. The minimum absolute atomic E-state index is 0.0384. The van der Waals surface area contributed by atoms with Crippen molar-refractivity contribution >= 4 is 11.6 Å². The number of hydrogen-bond acceptors (Lipinski definition) is 8. The quantitative estimate of drug-likeness (QED) is 0.0275. The number of nitrogens with zero attached hydrogens (tertiary/aromatic N) is 1. The molecule has 1 amide bonds. The summed E-state index contributed by atoms with van der Waals surface area (Å²) in [5.41, 5.74) is 5.22. The van der Waals surface area contributed by atoms with Crippen molar-refractivity contribution in [1.82, 2.24) is 21.3 Å². The van der Waals surface area contributed by atoms with Gasteiger partial charge in [0.1, 0.15) is 30.2 Å². The Hall–Kier alpha value is -5.50. The van der Waals surface area contributed by atoms with Gasteiger partial charge < -0.3 is 40.2 Å². The van der Waals surface area contributed by atoms with Crippen LogP contribution in [0.2, 0.25) is 0 Å². The number of alkyl halides is 3. The number of benzene rings is 5. The molecule has 0 aliphatic carbocycles. The van der Waals surface area contributed by atoms with Crippen LogP contribution in [0.1, 0.15) is 95.0 Å². The molecular formula is C60H75F4N5O5. The van der Waals surface area contributed by atoms with Crippen molar-refractivity contribution in [1.29, 1.82) is 0 Å². The monoisotopic (exact) mass is 1020 g/mol. The zero-order chi connectivity index (χ0) is 53.1. The lowest BCUT2D eigenvalue weighted by Gasteiger charge is -2.33. The van der Waals surface area contributed by atoms with E-state index in [1.165, 1.54) is 17.2 Å². The van der Waals surface area contributed by atoms with E-state index in [9.17, 15) is 22.4 Å². The van der Waals surface area contributed by atoms with Gasteiger partial charge in [0.25, 0.3) is 0 Å². The highest BCUT2D eigenvalue weighted by Gasteiger charge is 2.51. The van der Waals surface area contributed by atoms with Gasteiger partial charge >= 0.3 is 12.1 Å². The molecule has 0 saturated carbocycles. The first-order chi connectivity index (χ1) is 35.5. The molecule has 0 radical (unpaired) electrons. The van der Waals surface area contributed by atoms with Crippen molar-refractivity contribution in [3.8, 4) is 0 Å². The zero-order valence-electron chi connectivity index (χ0n) is 43.7. The van der Waals surface area contributed by atoms with E-state index in [-0.39, 0.29) is 42.4 Å². The lowest BCUT2D eigenvalue weighted by Crippen LogP contribution is -2.56. The summed E-state index contributed by atoms with van der Waals surface area (Å²) in [5.74, 6) is -4.23. The summed E-state index contributed by atoms with van der Waals surface area (Å²) in [7, 11) is 0. The molecule has 74 heavy (non-hydrogen) atoms. The van der Waals surface area contributed by atoms with E-state index < -0.39 is 47.7 Å². The molecular weight excluding hydrogens is 947 g/mol. The first kappa shape index (κ1) is 57.8. The predicted molar refractivity (Wildman–Crippen MR) is 283 cm³/mol. The molecule has 2 fully saturated rings. The van der Waals surface area contributed by atoms with Gasteiger partial charge in [-0.05, 0) is 119 Å². The fraction of sp³-hybridized carbons (Fsp3) is 0.467. The average Bonchev–Trinajstić information content (AvgIpc) is 3.90. The smallest absolute Gasteiger partial charge is 0.343 e. The summed E-state index contributed by atoms with van der Waals surface area (Å²) in [6, 6.07) is 43.4. The Morgan fingerprint density at radius 1 is 0.554 bits per heavy atom. The number of amides is 1. The van der Waals surface area contributed by atoms with Gasteiger partial charge in [-0.3, -0.25) is 4.79 Å². The topological polar surface area (TPSA) is 106 Å². The van der Waals surface area contributed by atoms with Crippen molar-refractivity contribution in [2.75, 3.05) is 13.1 Å². The molecule has 2 heterocycles. The third-order valence-corrected chi connectivity index (χ3v) is 13.3. The molecule has 2 aliphatic rings. The number of unbranched alkanes of at least 4 members (excludes halogenated alkanes) is 2. The van der Waals surface area contributed by atoms with E-state index in [1.807, 2.05) is 98.8 Å². The molecule has 4 N–H and O–H groups in total. The number of rotatable bonds is 24. The number of hydrogen-bond donors (Lipinski definition) is 4. The Balaban J connectivity index is 0.000000242. The van der Waals surface area contributed by atoms with Crippen molar-refractivity contribution in [3.05, 3.63) is 185 Å². The molecule has 5 aromatic rings. The van der Waals surface area contributed by atoms with Crippen LogP contribution in [-0.2, 0) is 56.0 Å². The highest BCUT2D eigenvalue weighted by atomic mass is 19.4. The normalized spacial score (nSPS) is 20.6. The highest BCUT2D eigenvalue weighted by Crippen LogP contribution is 2.36. The van der Waals surface area contributed by atoms with E-state index >= 15 is 0 Å². The summed E-state index contributed by atoms with van der Waals surface area (Å²) < 4.78 is 79.4. The van der Waals surface area contributed by atoms with Crippen LogP contribution in [0.5, 0.6) is 0 Å². The number of nitrogens with one attached hydrogen (secondary N) is 4. The van der Waals surface area contributed by atoms with Crippen LogP contribution in [-0.4, -0.2) is 85.3 Å². The standard InChI is InChI=1S/C33H40FN3O2.C27H35F3N2O3/c1-5-6-19-36-29(20-24-13-9-7-10-14-24)31-32(39-33(2,3)38-31)30(21-25-15-11-8-12-16-25)37-23-26-17-18-27(34)28(22-26)35-4;1-4-5-16-31-21(17-19-12-8-6-9-13-19)23-24(35-26(2,3)34-23)22(32-25(33)27(28,29)30)18-20-14-10-7-11-15-20/h7-18,22,29-32,36-37H,5-6,19-21,23H2,1-3H3;6-15,21-24,31H,4-5,16-18H2,1-3H3,(H,32,33)/t29-,30-,31?,32?;21-,22-,23?,24?/m11/s1. The molecule has 4 unspecified atom stereocenters. The highest BCUT2D eigenvalue weighted by molar-refractivity contribution is 5.82. The fourth-order valence-corrected chi connectivity index (χ4v) is 9.70. The molecule has 8 atom stereocenters. The summed E-state index contributed by atoms with van der Waals surface area (Å²) in [4.78, 5) is 15.3. The Morgan fingerprint density at radius 3 is 1.26 bits per heavy atom. The third kappa shape index (κ3) is 17.8. The molecule has 10 nitrogen and oxygen atoms in total. The van der Waals surface area contributed by atoms with Crippen LogP contribution in [0.25, 0.3) is 4.85 Å². The van der Waals surface area contributed by atoms with Gasteiger partial charge in [0.2, 0.25) is 5.69 Å². The van der Waals surface area contributed by atoms with E-state index in [2.05, 4.69) is 76.4 Å². The van der Waals surface area contributed by atoms with Gasteiger partial charge in [-0.25, -0.2) is 9.24 Å². The molecule has 398 valence electrons. The van der Waals surface area contributed by atoms with Gasteiger partial charge in [0.05, 0.1) is 12.6 Å². The Kier molecular flexibility index (Phi) is 21.8. The van der Waals surface area contributed by atoms with Gasteiger partial charge in [0.15, 0.2) is 11.6 Å². The number of carbonyl (C=O) groups is 1. The van der Waals surface area contributed by atoms with Gasteiger partial charge in [0, 0.05) is 24.7 Å². The van der Waals surface area contributed by atoms with Crippen LogP contribution in [0, 0.1) is 12.4 Å². The van der Waals surface area contributed by atoms with Crippen LogP contribution < -0.4 is 21.3 Å². The second-order valence-electron chi connectivity index (χ2n) is 20.2. The number of carbonyl (C=O) groups excluding carboxylic acids is 1. The summed E-state index contributed by atoms with van der Waals surface area (Å²) in [6.45, 7) is 21.2. The maximum absolute atomic E-state index is 14.0. The van der Waals surface area contributed by atoms with Crippen LogP contribution in [0.4, 0.5) is 23.2 Å². The van der Waals surface area contributed by atoms with Gasteiger partial charge in [-0.15, -0.1) is 0 Å². The first-order valence-corrected chi connectivity index (χ1v) is 26.1. The number of halogens is 4. The van der Waals surface area contributed by atoms with E-state index in [4.69, 9.17) is 25.5 Å². The molecule has 0 bridgehead atoms. The summed E-state index contributed by atoms with van der Waals surface area (Å²) in [5, 5.41) is 13.2. The first-order valence-electron chi connectivity index (χ1n) is 26.1. The Labute approximate surface area is 436 Å². The van der Waals surface area contributed by atoms with E-state index in [0.717, 1.165) is 68.3 Å². The molecule has 7 rings (SSSR count). The second-order valence-corrected chi connectivity index (χ2v) is 20.2. The molecule has 0 aromatic heterocycles. The van der Waals surface area contributed by atoms with Gasteiger partial charge in [-0.2, -0.15) is 13.2 Å². The largest absolute Gasteiger partial charge is 0.471 e. The van der Waals surface area contributed by atoms with Gasteiger partial charge in [-0.1, -0.05) is 154 Å². The minimum Gasteiger partial charge on any atom is -0.343 e. The van der Waals surface area contributed by atoms with Crippen molar-refractivity contribution in [2.24, 2.45) is 0 Å². The maximum Gasteiger partial charge on any atom is 0.471 e. The lowest BCUT2D eigenvalue weighted by molar-refractivity contribution is -0.176. The van der Waals surface area contributed by atoms with E-state index in [1.54, 1.807) is 26.0 Å². The van der Waals surface area contributed by atoms with Crippen molar-refractivity contribution in [2.45, 2.75) is 166 Å². The molecule has 0 spiro atoms. The van der Waals surface area contributed by atoms with E-state index in [0.29, 0.717) is 13.0 Å². The minimum atomic E-state index is -5.00. The Morgan fingerprint density at radius 2 is 0.905 bits per heavy atom. The van der Waals surface area contributed by atoms with Crippen molar-refractivity contribution in [3.63, 3.8) is 0 Å². The second kappa shape index (κ2) is 27.9. The maximum atomic E-state index is 14.0. The number of ether oxygens (including phenoxy) is 4. The fourth-order valence-electron chi connectivity index (χ4n) is 9.70. The van der Waals surface area contributed by atoms with Crippen molar-refractivity contribution < 1.29 is 41.3 Å². The summed E-state index contributed by atoms with van der Waals surface area (Å²) in [6.07, 6.45) is -0.282. The average molecular weight is 1020 g/mol. The molecule has 14 heteroatoms. The summed E-state index contributed by atoms with van der Waals surface area (Å²) >= 11 is 0. The van der Waals surface area contributed by atoms with Crippen LogP contribution >= 0.6 is 0 Å². The molecule has 2 aliphatic heterocycles. The molecule has 2 saturated heterocycles. The third-order valence-electron chi connectivity index (χ3n) is 13.3. The Bertz CT molecular complexity index is 2480. The van der Waals surface area contributed by atoms with Crippen LogP contribution in [0.3, 0.4) is 0 Å². The lowest BCUT2D eigenvalue weighted by atomic mass is 9.91. The van der Waals surface area contributed by atoms with Crippen LogP contribution in [0.15, 0.2) is 140 Å². The molecule has 5 aromatic carbocycles. The SMILES string of the molecule is CCCCN[C@H](Cc1ccccc1)C1OC(C)(C)OC1[C@@H](Cc1ccccc1)NC(=O)C(F)(F)F.[C-]#[N+]c1cc(CN[C@H](Cc2ccccc2)C2OC(C)(C)OC2[C@@H](Cc2ccccc2)NCCCC)ccc1F.